The van der Waals surface area contributed by atoms with E-state index in [2.05, 4.69) is 76.2 Å². The fraction of sp³-hybridized carbons (Fsp3) is 0.368. The van der Waals surface area contributed by atoms with Crippen molar-refractivity contribution in [3.05, 3.63) is 70.8 Å². The lowest BCUT2D eigenvalue weighted by molar-refractivity contribution is 0.425. The van der Waals surface area contributed by atoms with Crippen molar-refractivity contribution in [1.29, 1.82) is 0 Å². The summed E-state index contributed by atoms with van der Waals surface area (Å²) in [6.45, 7) is 9.33. The summed E-state index contributed by atoms with van der Waals surface area (Å²) in [4.78, 5) is 0. The van der Waals surface area contributed by atoms with Gasteiger partial charge in [0.15, 0.2) is 0 Å². The van der Waals surface area contributed by atoms with Crippen molar-refractivity contribution in [3.63, 3.8) is 0 Å². The standard InChI is InChI=1S/C19H22/c1-14-10-11-16-17(12-14)18(2,3)13-19(16,4)15-8-6-5-7-9-15/h5-12H,13H2,1-4H3. The lowest BCUT2D eigenvalue weighted by Gasteiger charge is -2.28. The Bertz CT molecular complexity index is 607. The Labute approximate surface area is 116 Å². The van der Waals surface area contributed by atoms with Crippen LogP contribution in [0.1, 0.15) is 49.4 Å². The van der Waals surface area contributed by atoms with Crippen LogP contribution < -0.4 is 0 Å². The van der Waals surface area contributed by atoms with E-state index in [1.165, 1.54) is 28.7 Å². The predicted octanol–water partition coefficient (Wildman–Crippen LogP) is 4.98. The van der Waals surface area contributed by atoms with E-state index in [9.17, 15) is 0 Å². The zero-order chi connectivity index (χ0) is 13.7. The van der Waals surface area contributed by atoms with Crippen molar-refractivity contribution in [3.8, 4) is 0 Å². The molecule has 3 rings (SSSR count). The molecule has 2 aromatic rings. The second-order valence-electron chi connectivity index (χ2n) is 6.81. The molecule has 0 heteroatoms. The van der Waals surface area contributed by atoms with Crippen LogP contribution in [-0.2, 0) is 10.8 Å². The average molecular weight is 250 g/mol. The van der Waals surface area contributed by atoms with E-state index in [1.54, 1.807) is 0 Å². The van der Waals surface area contributed by atoms with Crippen molar-refractivity contribution in [2.24, 2.45) is 0 Å². The molecule has 0 amide bonds. The van der Waals surface area contributed by atoms with Crippen LogP contribution in [0.25, 0.3) is 0 Å². The summed E-state index contributed by atoms with van der Waals surface area (Å²) in [5.74, 6) is 0. The van der Waals surface area contributed by atoms with E-state index < -0.39 is 0 Å². The van der Waals surface area contributed by atoms with Crippen LogP contribution in [0.2, 0.25) is 0 Å². The smallest absolute Gasteiger partial charge is 0.0185 e. The molecule has 0 heterocycles. The molecule has 0 nitrogen and oxygen atoms in total. The fourth-order valence-electron chi connectivity index (χ4n) is 3.84. The average Bonchev–Trinajstić information content (AvgIpc) is 2.59. The summed E-state index contributed by atoms with van der Waals surface area (Å²) in [6.07, 6.45) is 1.18. The van der Waals surface area contributed by atoms with E-state index in [1.807, 2.05) is 0 Å². The van der Waals surface area contributed by atoms with Crippen molar-refractivity contribution >= 4 is 0 Å². The third-order valence-electron chi connectivity index (χ3n) is 4.71. The Morgan fingerprint density at radius 3 is 2.21 bits per heavy atom. The van der Waals surface area contributed by atoms with Gasteiger partial charge < -0.3 is 0 Å². The third-order valence-corrected chi connectivity index (χ3v) is 4.71. The van der Waals surface area contributed by atoms with E-state index >= 15 is 0 Å². The van der Waals surface area contributed by atoms with Crippen molar-refractivity contribution in [2.45, 2.75) is 44.9 Å². The number of hydrogen-bond donors (Lipinski definition) is 0. The van der Waals surface area contributed by atoms with Crippen LogP contribution in [0.3, 0.4) is 0 Å². The van der Waals surface area contributed by atoms with Gasteiger partial charge in [-0.2, -0.15) is 0 Å². The molecule has 0 N–H and O–H groups in total. The van der Waals surface area contributed by atoms with E-state index in [0.717, 1.165) is 0 Å². The number of benzene rings is 2. The molecular formula is C19H22. The molecule has 0 saturated heterocycles. The summed E-state index contributed by atoms with van der Waals surface area (Å²) in [7, 11) is 0. The second-order valence-corrected chi connectivity index (χ2v) is 6.81. The van der Waals surface area contributed by atoms with Crippen LogP contribution in [0, 0.1) is 6.92 Å². The lowest BCUT2D eigenvalue weighted by atomic mass is 9.75. The predicted molar refractivity (Wildman–Crippen MR) is 81.7 cm³/mol. The number of hydrogen-bond acceptors (Lipinski definition) is 0. The van der Waals surface area contributed by atoms with Gasteiger partial charge in [-0.25, -0.2) is 0 Å². The molecular weight excluding hydrogens is 228 g/mol. The highest BCUT2D eigenvalue weighted by atomic mass is 14.5. The van der Waals surface area contributed by atoms with Gasteiger partial charge in [-0.1, -0.05) is 74.9 Å². The zero-order valence-corrected chi connectivity index (χ0v) is 12.3. The summed E-state index contributed by atoms with van der Waals surface area (Å²) in [5, 5.41) is 0. The van der Waals surface area contributed by atoms with Gasteiger partial charge in [0, 0.05) is 5.41 Å². The SMILES string of the molecule is Cc1ccc2c(c1)C(C)(C)CC2(C)c1ccccc1. The van der Waals surface area contributed by atoms with E-state index in [4.69, 9.17) is 0 Å². The Balaban J connectivity index is 2.23. The largest absolute Gasteiger partial charge is 0.0622 e. The minimum absolute atomic E-state index is 0.147. The zero-order valence-electron chi connectivity index (χ0n) is 12.3. The summed E-state index contributed by atoms with van der Waals surface area (Å²) < 4.78 is 0. The van der Waals surface area contributed by atoms with Gasteiger partial charge in [0.25, 0.3) is 0 Å². The third kappa shape index (κ3) is 1.82. The molecule has 0 aliphatic heterocycles. The van der Waals surface area contributed by atoms with Gasteiger partial charge >= 0.3 is 0 Å². The summed E-state index contributed by atoms with van der Waals surface area (Å²) in [6, 6.07) is 17.9. The maximum atomic E-state index is 2.39. The molecule has 0 saturated carbocycles. The normalized spacial score (nSPS) is 24.2. The van der Waals surface area contributed by atoms with E-state index in [0.29, 0.717) is 0 Å². The first-order valence-electron chi connectivity index (χ1n) is 7.11. The molecule has 0 aromatic heterocycles. The molecule has 98 valence electrons. The van der Waals surface area contributed by atoms with Crippen LogP contribution in [0.5, 0.6) is 0 Å². The minimum Gasteiger partial charge on any atom is -0.0622 e. The molecule has 0 radical (unpaired) electrons. The van der Waals surface area contributed by atoms with Gasteiger partial charge in [0.05, 0.1) is 0 Å². The lowest BCUT2D eigenvalue weighted by Crippen LogP contribution is -2.23. The molecule has 1 aliphatic carbocycles. The first kappa shape index (κ1) is 12.5. The van der Waals surface area contributed by atoms with Crippen molar-refractivity contribution in [2.75, 3.05) is 0 Å². The highest BCUT2D eigenvalue weighted by Crippen LogP contribution is 2.52. The highest BCUT2D eigenvalue weighted by molar-refractivity contribution is 5.52. The van der Waals surface area contributed by atoms with Gasteiger partial charge in [-0.05, 0) is 35.4 Å². The monoisotopic (exact) mass is 250 g/mol. The number of rotatable bonds is 1. The Morgan fingerprint density at radius 1 is 0.842 bits per heavy atom. The van der Waals surface area contributed by atoms with Crippen LogP contribution >= 0.6 is 0 Å². The van der Waals surface area contributed by atoms with Gasteiger partial charge in [0.1, 0.15) is 0 Å². The van der Waals surface area contributed by atoms with Crippen LogP contribution in [-0.4, -0.2) is 0 Å². The first-order chi connectivity index (χ1) is 8.93. The summed E-state index contributed by atoms with van der Waals surface area (Å²) >= 11 is 0. The molecule has 2 aromatic carbocycles. The van der Waals surface area contributed by atoms with Crippen LogP contribution in [0.4, 0.5) is 0 Å². The molecule has 1 atom stereocenters. The molecule has 0 bridgehead atoms. The van der Waals surface area contributed by atoms with Gasteiger partial charge in [-0.3, -0.25) is 0 Å². The molecule has 1 aliphatic rings. The molecule has 1 unspecified atom stereocenters. The second kappa shape index (κ2) is 3.96. The maximum Gasteiger partial charge on any atom is 0.0185 e. The van der Waals surface area contributed by atoms with Gasteiger partial charge in [-0.15, -0.1) is 0 Å². The molecule has 19 heavy (non-hydrogen) atoms. The fourth-order valence-corrected chi connectivity index (χ4v) is 3.84. The van der Waals surface area contributed by atoms with Crippen molar-refractivity contribution in [1.82, 2.24) is 0 Å². The highest BCUT2D eigenvalue weighted by Gasteiger charge is 2.45. The summed E-state index contributed by atoms with van der Waals surface area (Å²) in [5.41, 5.74) is 6.24. The van der Waals surface area contributed by atoms with Gasteiger partial charge in [0.2, 0.25) is 0 Å². The van der Waals surface area contributed by atoms with E-state index in [-0.39, 0.29) is 10.8 Å². The minimum atomic E-state index is 0.147. The quantitative estimate of drug-likeness (QED) is 0.669. The topological polar surface area (TPSA) is 0 Å². The maximum absolute atomic E-state index is 2.39. The Morgan fingerprint density at radius 2 is 1.53 bits per heavy atom. The molecule has 0 fully saturated rings. The van der Waals surface area contributed by atoms with Crippen molar-refractivity contribution < 1.29 is 0 Å². The number of aryl methyl sites for hydroxylation is 1. The molecule has 0 spiro atoms. The van der Waals surface area contributed by atoms with Crippen LogP contribution in [0.15, 0.2) is 48.5 Å². The Kier molecular flexibility index (Phi) is 2.60. The first-order valence-corrected chi connectivity index (χ1v) is 7.11. The Hall–Kier alpha value is -1.56. The number of fused-ring (bicyclic) bond motifs is 1.